The summed E-state index contributed by atoms with van der Waals surface area (Å²) in [6, 6.07) is 21.6. The predicted octanol–water partition coefficient (Wildman–Crippen LogP) is 5.51. The van der Waals surface area contributed by atoms with Crippen LogP contribution in [0, 0.1) is 12.7 Å². The van der Waals surface area contributed by atoms with Crippen molar-refractivity contribution in [2.45, 2.75) is 13.5 Å². The van der Waals surface area contributed by atoms with E-state index in [0.29, 0.717) is 18.1 Å². The molecule has 3 heteroatoms. The number of hydrogen-bond acceptors (Lipinski definition) is 2. The molecule has 0 N–H and O–H groups in total. The van der Waals surface area contributed by atoms with E-state index in [9.17, 15) is 4.39 Å². The van der Waals surface area contributed by atoms with Crippen molar-refractivity contribution in [3.8, 4) is 17.2 Å². The lowest BCUT2D eigenvalue weighted by Crippen LogP contribution is -1.96. The summed E-state index contributed by atoms with van der Waals surface area (Å²) in [6.45, 7) is 2.34. The van der Waals surface area contributed by atoms with Crippen LogP contribution in [0.25, 0.3) is 0 Å². The van der Waals surface area contributed by atoms with Crippen LogP contribution in [0.1, 0.15) is 11.1 Å². The van der Waals surface area contributed by atoms with Gasteiger partial charge in [0.1, 0.15) is 29.7 Å². The smallest absolute Gasteiger partial charge is 0.131 e. The van der Waals surface area contributed by atoms with E-state index in [1.807, 2.05) is 61.5 Å². The molecule has 0 bridgehead atoms. The molecule has 116 valence electrons. The highest BCUT2D eigenvalue weighted by Crippen LogP contribution is 2.26. The van der Waals surface area contributed by atoms with E-state index in [1.54, 1.807) is 6.07 Å². The maximum atomic E-state index is 13.2. The van der Waals surface area contributed by atoms with E-state index in [2.05, 4.69) is 0 Å². The lowest BCUT2D eigenvalue weighted by molar-refractivity contribution is 0.304. The Bertz CT molecular complexity index is 782. The van der Waals surface area contributed by atoms with Gasteiger partial charge in [0.2, 0.25) is 0 Å². The van der Waals surface area contributed by atoms with Gasteiger partial charge in [-0.1, -0.05) is 35.9 Å². The number of hydrogen-bond donors (Lipinski definition) is 0. The Kier molecular flexibility index (Phi) is 4.57. The van der Waals surface area contributed by atoms with E-state index in [0.717, 1.165) is 11.3 Å². The third kappa shape index (κ3) is 4.33. The van der Waals surface area contributed by atoms with Crippen LogP contribution in [0.15, 0.2) is 72.8 Å². The summed E-state index contributed by atoms with van der Waals surface area (Å²) in [5, 5.41) is 0. The van der Waals surface area contributed by atoms with E-state index in [1.165, 1.54) is 17.7 Å². The standard InChI is InChI=1S/C20H17FO2/c1-15-8-10-18(11-9-15)23-20-7-3-6-19(13-20)22-14-16-4-2-5-17(21)12-16/h2-13H,14H2,1H3. The van der Waals surface area contributed by atoms with Crippen LogP contribution in [-0.2, 0) is 6.61 Å². The Morgan fingerprint density at radius 1 is 0.783 bits per heavy atom. The van der Waals surface area contributed by atoms with Crippen LogP contribution >= 0.6 is 0 Å². The van der Waals surface area contributed by atoms with Crippen molar-refractivity contribution < 1.29 is 13.9 Å². The van der Waals surface area contributed by atoms with Gasteiger partial charge in [-0.25, -0.2) is 4.39 Å². The minimum absolute atomic E-state index is 0.262. The molecule has 0 atom stereocenters. The van der Waals surface area contributed by atoms with Crippen molar-refractivity contribution in [1.29, 1.82) is 0 Å². The molecule has 0 aliphatic rings. The number of aryl methyl sites for hydroxylation is 1. The molecule has 0 amide bonds. The average Bonchev–Trinajstić information content (AvgIpc) is 2.56. The molecule has 0 saturated carbocycles. The highest BCUT2D eigenvalue weighted by atomic mass is 19.1. The van der Waals surface area contributed by atoms with Crippen molar-refractivity contribution in [3.63, 3.8) is 0 Å². The topological polar surface area (TPSA) is 18.5 Å². The number of rotatable bonds is 5. The van der Waals surface area contributed by atoms with E-state index < -0.39 is 0 Å². The van der Waals surface area contributed by atoms with Crippen LogP contribution in [-0.4, -0.2) is 0 Å². The van der Waals surface area contributed by atoms with Gasteiger partial charge in [-0.05, 0) is 48.9 Å². The molecule has 0 aliphatic heterocycles. The van der Waals surface area contributed by atoms with Gasteiger partial charge in [-0.15, -0.1) is 0 Å². The molecule has 0 radical (unpaired) electrons. The van der Waals surface area contributed by atoms with Gasteiger partial charge in [0.15, 0.2) is 0 Å². The lowest BCUT2D eigenvalue weighted by Gasteiger charge is -2.10. The first-order valence-electron chi connectivity index (χ1n) is 7.41. The van der Waals surface area contributed by atoms with Crippen molar-refractivity contribution in [2.24, 2.45) is 0 Å². The SMILES string of the molecule is Cc1ccc(Oc2cccc(OCc3cccc(F)c3)c2)cc1. The molecule has 23 heavy (non-hydrogen) atoms. The fourth-order valence-corrected chi connectivity index (χ4v) is 2.16. The molecular weight excluding hydrogens is 291 g/mol. The molecule has 0 fully saturated rings. The first kappa shape index (κ1) is 15.1. The third-order valence-electron chi connectivity index (χ3n) is 3.36. The molecule has 0 aromatic heterocycles. The van der Waals surface area contributed by atoms with Crippen LogP contribution in [0.5, 0.6) is 17.2 Å². The first-order valence-corrected chi connectivity index (χ1v) is 7.41. The second-order valence-corrected chi connectivity index (χ2v) is 5.31. The predicted molar refractivity (Wildman–Crippen MR) is 88.4 cm³/mol. The summed E-state index contributed by atoms with van der Waals surface area (Å²) >= 11 is 0. The van der Waals surface area contributed by atoms with Gasteiger partial charge in [0, 0.05) is 6.07 Å². The van der Waals surface area contributed by atoms with Gasteiger partial charge in [-0.3, -0.25) is 0 Å². The molecule has 3 rings (SSSR count). The minimum Gasteiger partial charge on any atom is -0.489 e. The lowest BCUT2D eigenvalue weighted by atomic mass is 10.2. The molecule has 3 aromatic carbocycles. The molecule has 0 heterocycles. The van der Waals surface area contributed by atoms with Crippen molar-refractivity contribution in [3.05, 3.63) is 89.7 Å². The number of benzene rings is 3. The quantitative estimate of drug-likeness (QED) is 0.619. The van der Waals surface area contributed by atoms with Gasteiger partial charge in [0.25, 0.3) is 0 Å². The molecule has 3 aromatic rings. The third-order valence-corrected chi connectivity index (χ3v) is 3.36. The number of ether oxygens (including phenoxy) is 2. The maximum absolute atomic E-state index is 13.2. The minimum atomic E-state index is -0.262. The maximum Gasteiger partial charge on any atom is 0.131 e. The van der Waals surface area contributed by atoms with Crippen LogP contribution in [0.2, 0.25) is 0 Å². The van der Waals surface area contributed by atoms with Crippen molar-refractivity contribution >= 4 is 0 Å². The Morgan fingerprint density at radius 3 is 2.30 bits per heavy atom. The van der Waals surface area contributed by atoms with Crippen LogP contribution in [0.3, 0.4) is 0 Å². The summed E-state index contributed by atoms with van der Waals surface area (Å²) in [5.74, 6) is 1.89. The zero-order valence-corrected chi connectivity index (χ0v) is 12.8. The van der Waals surface area contributed by atoms with E-state index in [4.69, 9.17) is 9.47 Å². The number of halogens is 1. The van der Waals surface area contributed by atoms with Crippen LogP contribution < -0.4 is 9.47 Å². The van der Waals surface area contributed by atoms with Gasteiger partial charge >= 0.3 is 0 Å². The molecular formula is C20H17FO2. The summed E-state index contributed by atoms with van der Waals surface area (Å²) < 4.78 is 24.7. The highest BCUT2D eigenvalue weighted by Gasteiger charge is 2.01. The van der Waals surface area contributed by atoms with Crippen molar-refractivity contribution in [2.75, 3.05) is 0 Å². The largest absolute Gasteiger partial charge is 0.489 e. The molecule has 0 saturated heterocycles. The summed E-state index contributed by atoms with van der Waals surface area (Å²) in [4.78, 5) is 0. The zero-order valence-electron chi connectivity index (χ0n) is 12.8. The fraction of sp³-hybridized carbons (Fsp3) is 0.100. The second-order valence-electron chi connectivity index (χ2n) is 5.31. The molecule has 0 unspecified atom stereocenters. The first-order chi connectivity index (χ1) is 11.2. The van der Waals surface area contributed by atoms with Gasteiger partial charge < -0.3 is 9.47 Å². The van der Waals surface area contributed by atoms with Gasteiger partial charge in [0.05, 0.1) is 0 Å². The van der Waals surface area contributed by atoms with E-state index >= 15 is 0 Å². The molecule has 0 spiro atoms. The highest BCUT2D eigenvalue weighted by molar-refractivity contribution is 5.37. The second kappa shape index (κ2) is 6.97. The molecule has 2 nitrogen and oxygen atoms in total. The summed E-state index contributed by atoms with van der Waals surface area (Å²) in [5.41, 5.74) is 1.97. The monoisotopic (exact) mass is 308 g/mol. The van der Waals surface area contributed by atoms with E-state index in [-0.39, 0.29) is 5.82 Å². The summed E-state index contributed by atoms with van der Waals surface area (Å²) in [7, 11) is 0. The summed E-state index contributed by atoms with van der Waals surface area (Å²) in [6.07, 6.45) is 0. The van der Waals surface area contributed by atoms with Crippen molar-refractivity contribution in [1.82, 2.24) is 0 Å². The Labute approximate surface area is 135 Å². The van der Waals surface area contributed by atoms with Crippen LogP contribution in [0.4, 0.5) is 4.39 Å². The Hall–Kier alpha value is -2.81. The Morgan fingerprint density at radius 2 is 1.52 bits per heavy atom. The fourth-order valence-electron chi connectivity index (χ4n) is 2.16. The molecule has 0 aliphatic carbocycles. The Balaban J connectivity index is 1.66. The zero-order chi connectivity index (χ0) is 16.1. The normalized spacial score (nSPS) is 10.3. The van der Waals surface area contributed by atoms with Gasteiger partial charge in [-0.2, -0.15) is 0 Å². The average molecular weight is 308 g/mol.